The summed E-state index contributed by atoms with van der Waals surface area (Å²) in [5.41, 5.74) is -0.432. The zero-order valence-electron chi connectivity index (χ0n) is 8.27. The normalized spacial score (nSPS) is 14.9. The van der Waals surface area contributed by atoms with E-state index in [1.54, 1.807) is 37.3 Å². The van der Waals surface area contributed by atoms with Crippen molar-refractivity contribution in [3.63, 3.8) is 0 Å². The van der Waals surface area contributed by atoms with Crippen molar-refractivity contribution in [3.05, 3.63) is 59.0 Å². The third kappa shape index (κ3) is 1.91. The van der Waals surface area contributed by atoms with Crippen LogP contribution < -0.4 is 0 Å². The molecule has 0 aliphatic carbocycles. The van der Waals surface area contributed by atoms with Gasteiger partial charge in [-0.1, -0.05) is 23.7 Å². The first-order chi connectivity index (χ1) is 7.10. The Hall–Kier alpha value is -1.25. The van der Waals surface area contributed by atoms with Gasteiger partial charge in [-0.3, -0.25) is 0 Å². The van der Waals surface area contributed by atoms with Gasteiger partial charge in [0.05, 0.1) is 6.26 Å². The molecule has 1 aromatic carbocycles. The molecule has 0 saturated carbocycles. The molecule has 15 heavy (non-hydrogen) atoms. The Labute approximate surface area is 93.1 Å². The van der Waals surface area contributed by atoms with Crippen molar-refractivity contribution in [1.82, 2.24) is 0 Å². The third-order valence-corrected chi connectivity index (χ3v) is 2.62. The zero-order chi connectivity index (χ0) is 10.9. The van der Waals surface area contributed by atoms with Crippen molar-refractivity contribution in [2.45, 2.75) is 12.5 Å². The Bertz CT molecular complexity index is 446. The number of benzene rings is 1. The lowest BCUT2D eigenvalue weighted by molar-refractivity contribution is 0.0767. The molecule has 0 aliphatic heterocycles. The maximum absolute atomic E-state index is 10.3. The summed E-state index contributed by atoms with van der Waals surface area (Å²) in [6.45, 7) is 1.68. The fourth-order valence-corrected chi connectivity index (χ4v) is 1.68. The van der Waals surface area contributed by atoms with Crippen molar-refractivity contribution < 1.29 is 9.52 Å². The van der Waals surface area contributed by atoms with Crippen LogP contribution in [0.1, 0.15) is 18.2 Å². The molecule has 0 bridgehead atoms. The lowest BCUT2D eigenvalue weighted by atomic mass is 9.93. The quantitative estimate of drug-likeness (QED) is 0.847. The average molecular weight is 223 g/mol. The summed E-state index contributed by atoms with van der Waals surface area (Å²) < 4.78 is 5.20. The van der Waals surface area contributed by atoms with Crippen LogP contribution in [0.2, 0.25) is 5.02 Å². The highest BCUT2D eigenvalue weighted by molar-refractivity contribution is 6.30. The number of furan rings is 1. The van der Waals surface area contributed by atoms with E-state index < -0.39 is 5.60 Å². The van der Waals surface area contributed by atoms with Crippen LogP contribution in [0.3, 0.4) is 0 Å². The van der Waals surface area contributed by atoms with Crippen LogP contribution in [-0.2, 0) is 5.60 Å². The molecule has 0 radical (unpaired) electrons. The van der Waals surface area contributed by atoms with Crippen molar-refractivity contribution in [2.75, 3.05) is 0 Å². The zero-order valence-corrected chi connectivity index (χ0v) is 9.03. The van der Waals surface area contributed by atoms with E-state index in [0.29, 0.717) is 16.3 Å². The molecule has 1 unspecified atom stereocenters. The molecule has 0 spiro atoms. The van der Waals surface area contributed by atoms with Crippen LogP contribution in [0, 0.1) is 0 Å². The first kappa shape index (κ1) is 10.3. The third-order valence-electron chi connectivity index (χ3n) is 2.39. The SMILES string of the molecule is CC(O)(c1cccc(Cl)c1)c1ccco1. The Morgan fingerprint density at radius 1 is 1.27 bits per heavy atom. The Morgan fingerprint density at radius 2 is 2.07 bits per heavy atom. The second kappa shape index (κ2) is 3.72. The van der Waals surface area contributed by atoms with Gasteiger partial charge in [0.15, 0.2) is 0 Å². The summed E-state index contributed by atoms with van der Waals surface area (Å²) in [6.07, 6.45) is 1.54. The standard InChI is InChI=1S/C12H11ClO2/c1-12(14,11-6-3-7-15-11)9-4-2-5-10(13)8-9/h2-8,14H,1H3. The summed E-state index contributed by atoms with van der Waals surface area (Å²) in [5.74, 6) is 0.504. The smallest absolute Gasteiger partial charge is 0.144 e. The van der Waals surface area contributed by atoms with E-state index in [4.69, 9.17) is 16.0 Å². The molecule has 0 saturated heterocycles. The minimum atomic E-state index is -1.14. The Morgan fingerprint density at radius 3 is 2.67 bits per heavy atom. The van der Waals surface area contributed by atoms with Gasteiger partial charge >= 0.3 is 0 Å². The van der Waals surface area contributed by atoms with Crippen molar-refractivity contribution >= 4 is 11.6 Å². The molecule has 78 valence electrons. The lowest BCUT2D eigenvalue weighted by Crippen LogP contribution is -2.21. The van der Waals surface area contributed by atoms with E-state index in [1.807, 2.05) is 6.07 Å². The van der Waals surface area contributed by atoms with Gasteiger partial charge in [0.1, 0.15) is 11.4 Å². The van der Waals surface area contributed by atoms with Crippen molar-refractivity contribution in [3.8, 4) is 0 Å². The van der Waals surface area contributed by atoms with Crippen LogP contribution in [0.4, 0.5) is 0 Å². The van der Waals surface area contributed by atoms with Gasteiger partial charge in [0.25, 0.3) is 0 Å². The summed E-state index contributed by atoms with van der Waals surface area (Å²) in [6, 6.07) is 10.6. The number of hydrogen-bond donors (Lipinski definition) is 1. The molecule has 0 fully saturated rings. The molecular weight excluding hydrogens is 212 g/mol. The molecule has 1 heterocycles. The number of rotatable bonds is 2. The van der Waals surface area contributed by atoms with Gasteiger partial charge < -0.3 is 9.52 Å². The number of hydrogen-bond acceptors (Lipinski definition) is 2. The summed E-state index contributed by atoms with van der Waals surface area (Å²) in [5, 5.41) is 10.9. The van der Waals surface area contributed by atoms with Gasteiger partial charge in [-0.05, 0) is 36.8 Å². The summed E-state index contributed by atoms with van der Waals surface area (Å²) in [4.78, 5) is 0. The number of halogens is 1. The average Bonchev–Trinajstić information content (AvgIpc) is 2.71. The molecular formula is C12H11ClO2. The van der Waals surface area contributed by atoms with Crippen LogP contribution in [-0.4, -0.2) is 5.11 Å². The predicted molar refractivity (Wildman–Crippen MR) is 58.8 cm³/mol. The highest BCUT2D eigenvalue weighted by Crippen LogP contribution is 2.30. The Kier molecular flexibility index (Phi) is 2.55. The van der Waals surface area contributed by atoms with Crippen LogP contribution in [0.15, 0.2) is 47.1 Å². The van der Waals surface area contributed by atoms with E-state index in [2.05, 4.69) is 0 Å². The Balaban J connectivity index is 2.46. The first-order valence-corrected chi connectivity index (χ1v) is 5.01. The molecule has 1 N–H and O–H groups in total. The van der Waals surface area contributed by atoms with Gasteiger partial charge in [0.2, 0.25) is 0 Å². The van der Waals surface area contributed by atoms with E-state index in [-0.39, 0.29) is 0 Å². The molecule has 0 amide bonds. The van der Waals surface area contributed by atoms with Crippen molar-refractivity contribution in [1.29, 1.82) is 0 Å². The van der Waals surface area contributed by atoms with Gasteiger partial charge in [-0.2, -0.15) is 0 Å². The molecule has 3 heteroatoms. The van der Waals surface area contributed by atoms with Gasteiger partial charge in [-0.15, -0.1) is 0 Å². The van der Waals surface area contributed by atoms with E-state index in [1.165, 1.54) is 6.26 Å². The fourth-order valence-electron chi connectivity index (χ4n) is 1.49. The van der Waals surface area contributed by atoms with Gasteiger partial charge in [-0.25, -0.2) is 0 Å². The fraction of sp³-hybridized carbons (Fsp3) is 0.167. The van der Waals surface area contributed by atoms with Gasteiger partial charge in [0, 0.05) is 5.02 Å². The lowest BCUT2D eigenvalue weighted by Gasteiger charge is -2.21. The largest absolute Gasteiger partial charge is 0.466 e. The van der Waals surface area contributed by atoms with Crippen LogP contribution >= 0.6 is 11.6 Å². The second-order valence-corrected chi connectivity index (χ2v) is 4.00. The molecule has 1 aromatic heterocycles. The highest BCUT2D eigenvalue weighted by Gasteiger charge is 2.28. The van der Waals surface area contributed by atoms with E-state index >= 15 is 0 Å². The predicted octanol–water partition coefficient (Wildman–Crippen LogP) is 3.19. The topological polar surface area (TPSA) is 33.4 Å². The second-order valence-electron chi connectivity index (χ2n) is 3.56. The molecule has 0 aliphatic rings. The monoisotopic (exact) mass is 222 g/mol. The molecule has 2 nitrogen and oxygen atoms in total. The minimum absolute atomic E-state index is 0.504. The maximum Gasteiger partial charge on any atom is 0.144 e. The van der Waals surface area contributed by atoms with Crippen LogP contribution in [0.25, 0.3) is 0 Å². The molecule has 1 atom stereocenters. The summed E-state index contributed by atoms with van der Waals surface area (Å²) in [7, 11) is 0. The molecule has 2 aromatic rings. The van der Waals surface area contributed by atoms with E-state index in [0.717, 1.165) is 0 Å². The summed E-state index contributed by atoms with van der Waals surface area (Å²) >= 11 is 5.87. The maximum atomic E-state index is 10.3. The van der Waals surface area contributed by atoms with E-state index in [9.17, 15) is 5.11 Å². The minimum Gasteiger partial charge on any atom is -0.466 e. The number of aliphatic hydroxyl groups is 1. The van der Waals surface area contributed by atoms with Crippen LogP contribution in [0.5, 0.6) is 0 Å². The van der Waals surface area contributed by atoms with Crippen molar-refractivity contribution in [2.24, 2.45) is 0 Å². The highest BCUT2D eigenvalue weighted by atomic mass is 35.5. The first-order valence-electron chi connectivity index (χ1n) is 4.63. The molecule has 2 rings (SSSR count).